The predicted octanol–water partition coefficient (Wildman–Crippen LogP) is 0.294. The number of amides is 1. The predicted molar refractivity (Wildman–Crippen MR) is 83.7 cm³/mol. The van der Waals surface area contributed by atoms with Crippen molar-refractivity contribution in [1.82, 2.24) is 10.4 Å². The third-order valence-corrected chi connectivity index (χ3v) is 4.04. The molecule has 1 aromatic heterocycles. The average molecular weight is 335 g/mol. The molecule has 0 unspecified atom stereocenters. The number of ketones is 1. The largest absolute Gasteiger partial charge is 0.474 e. The second-order valence-corrected chi connectivity index (χ2v) is 5.69. The number of nitrogens with one attached hydrogen (secondary N) is 1. The summed E-state index contributed by atoms with van der Waals surface area (Å²) in [6.07, 6.45) is 4.43. The van der Waals surface area contributed by atoms with Crippen LogP contribution in [0.3, 0.4) is 0 Å². The van der Waals surface area contributed by atoms with E-state index in [1.54, 1.807) is 17.6 Å². The van der Waals surface area contributed by atoms with Gasteiger partial charge in [0.05, 0.1) is 13.0 Å². The first-order valence-electron chi connectivity index (χ1n) is 7.76. The highest BCUT2D eigenvalue weighted by Gasteiger charge is 2.28. The van der Waals surface area contributed by atoms with Gasteiger partial charge in [0.25, 0.3) is 0 Å². The van der Waals surface area contributed by atoms with Crippen LogP contribution in [0.2, 0.25) is 0 Å². The molecule has 1 aliphatic carbocycles. The molecule has 0 spiro atoms. The zero-order valence-electron chi connectivity index (χ0n) is 13.5. The molecule has 0 aliphatic heterocycles. The van der Waals surface area contributed by atoms with E-state index in [1.807, 2.05) is 0 Å². The summed E-state index contributed by atoms with van der Waals surface area (Å²) in [7, 11) is 1.40. The quantitative estimate of drug-likeness (QED) is 0.252. The maximum absolute atomic E-state index is 11.5. The van der Waals surface area contributed by atoms with Gasteiger partial charge < -0.3 is 9.47 Å². The number of carbonyl (C=O) groups is 3. The zero-order valence-corrected chi connectivity index (χ0v) is 13.5. The molecular weight excluding hydrogens is 314 g/mol. The van der Waals surface area contributed by atoms with Crippen molar-refractivity contribution in [3.05, 3.63) is 23.9 Å². The number of Topliss-reactive ketones (excluding diaryl/α,β-unsaturated/α-hetero) is 1. The molecule has 0 saturated heterocycles. The van der Waals surface area contributed by atoms with Gasteiger partial charge in [-0.15, -0.1) is 0 Å². The van der Waals surface area contributed by atoms with Gasteiger partial charge in [0, 0.05) is 18.7 Å². The third kappa shape index (κ3) is 4.76. The van der Waals surface area contributed by atoms with Gasteiger partial charge in [0.2, 0.25) is 11.7 Å². The van der Waals surface area contributed by atoms with Crippen LogP contribution in [0.25, 0.3) is 0 Å². The van der Waals surface area contributed by atoms with Crippen molar-refractivity contribution in [3.63, 3.8) is 0 Å². The molecule has 1 saturated carbocycles. The molecule has 0 radical (unpaired) electrons. The Morgan fingerprint density at radius 2 is 1.96 bits per heavy atom. The van der Waals surface area contributed by atoms with E-state index in [4.69, 9.17) is 15.3 Å². The van der Waals surface area contributed by atoms with Gasteiger partial charge in [0.15, 0.2) is 0 Å². The van der Waals surface area contributed by atoms with E-state index in [9.17, 15) is 14.4 Å². The molecule has 1 aliphatic rings. The van der Waals surface area contributed by atoms with Gasteiger partial charge >= 0.3 is 11.9 Å². The lowest BCUT2D eigenvalue weighted by atomic mass is 9.87. The summed E-state index contributed by atoms with van der Waals surface area (Å²) < 4.78 is 10.6. The van der Waals surface area contributed by atoms with Crippen molar-refractivity contribution in [2.24, 2.45) is 11.8 Å². The van der Waals surface area contributed by atoms with Crippen molar-refractivity contribution in [2.75, 3.05) is 7.11 Å². The zero-order chi connectivity index (χ0) is 17.5. The summed E-state index contributed by atoms with van der Waals surface area (Å²) in [6, 6.07) is 3.35. The number of ether oxygens (including phenoxy) is 2. The van der Waals surface area contributed by atoms with Gasteiger partial charge in [-0.25, -0.2) is 10.8 Å². The summed E-state index contributed by atoms with van der Waals surface area (Å²) in [5.74, 6) is 3.68. The molecule has 1 amide bonds. The number of carbonyl (C=O) groups excluding carboxylic acids is 3. The molecule has 1 aromatic rings. The number of hydrogen-bond acceptors (Lipinski definition) is 7. The van der Waals surface area contributed by atoms with Crippen molar-refractivity contribution in [3.8, 4) is 5.88 Å². The maximum Gasteiger partial charge on any atom is 0.308 e. The molecular formula is C16H21N3O5. The Bertz CT molecular complexity index is 594. The Kier molecular flexibility index (Phi) is 6.25. The lowest BCUT2D eigenvalue weighted by molar-refractivity contribution is -0.147. The summed E-state index contributed by atoms with van der Waals surface area (Å²) in [6.45, 7) is 0. The van der Waals surface area contributed by atoms with Gasteiger partial charge in [-0.2, -0.15) is 0 Å². The molecule has 0 aromatic carbocycles. The molecule has 8 heteroatoms. The first-order chi connectivity index (χ1) is 11.5. The number of aromatic nitrogens is 1. The van der Waals surface area contributed by atoms with E-state index in [1.165, 1.54) is 13.3 Å². The van der Waals surface area contributed by atoms with Gasteiger partial charge in [-0.05, 0) is 31.2 Å². The van der Waals surface area contributed by atoms with Crippen LogP contribution >= 0.6 is 0 Å². The standard InChI is InChI=1S/C16H21N3O5/c1-23-16(22)11-3-5-12(6-4-11)24-14-7-2-10(9-18-14)8-13(20)15(21)19-17/h2,7,9,11-12H,3-6,8,17H2,1H3,(H,19,21). The number of pyridine rings is 1. The SMILES string of the molecule is COC(=O)C1CCC(Oc2ccc(CC(=O)C(=O)NN)cn2)CC1. The first kappa shape index (κ1) is 17.9. The van der Waals surface area contributed by atoms with E-state index in [2.05, 4.69) is 4.98 Å². The Balaban J connectivity index is 1.83. The fraction of sp³-hybridized carbons (Fsp3) is 0.500. The van der Waals surface area contributed by atoms with Crippen LogP contribution in [-0.2, 0) is 25.5 Å². The molecule has 130 valence electrons. The summed E-state index contributed by atoms with van der Waals surface area (Å²) in [5, 5.41) is 0. The minimum absolute atomic E-state index is 0.00825. The highest BCUT2D eigenvalue weighted by molar-refractivity contribution is 6.36. The van der Waals surface area contributed by atoms with E-state index in [0.29, 0.717) is 11.4 Å². The number of rotatable bonds is 6. The second-order valence-electron chi connectivity index (χ2n) is 5.69. The lowest BCUT2D eigenvalue weighted by Crippen LogP contribution is -2.37. The van der Waals surface area contributed by atoms with Crippen molar-refractivity contribution < 1.29 is 23.9 Å². The summed E-state index contributed by atoms with van der Waals surface area (Å²) in [5.41, 5.74) is 2.40. The Hall–Kier alpha value is -2.48. The number of nitrogens with zero attached hydrogens (tertiary/aromatic N) is 1. The lowest BCUT2D eigenvalue weighted by Gasteiger charge is -2.27. The smallest absolute Gasteiger partial charge is 0.308 e. The van der Waals surface area contributed by atoms with Crippen molar-refractivity contribution in [2.45, 2.75) is 38.2 Å². The van der Waals surface area contributed by atoms with Crippen LogP contribution in [0, 0.1) is 5.92 Å². The molecule has 3 N–H and O–H groups in total. The molecule has 2 rings (SSSR count). The fourth-order valence-corrected chi connectivity index (χ4v) is 2.69. The first-order valence-corrected chi connectivity index (χ1v) is 7.76. The maximum atomic E-state index is 11.5. The van der Waals surface area contributed by atoms with Crippen LogP contribution in [0.4, 0.5) is 0 Å². The topological polar surface area (TPSA) is 121 Å². The third-order valence-electron chi connectivity index (χ3n) is 4.04. The van der Waals surface area contributed by atoms with Gasteiger partial charge in [0.1, 0.15) is 6.10 Å². The van der Waals surface area contributed by atoms with E-state index in [-0.39, 0.29) is 24.4 Å². The highest BCUT2D eigenvalue weighted by atomic mass is 16.5. The molecule has 0 bridgehead atoms. The minimum Gasteiger partial charge on any atom is -0.474 e. The molecule has 0 atom stereocenters. The minimum atomic E-state index is -0.835. The van der Waals surface area contributed by atoms with Crippen LogP contribution in [-0.4, -0.2) is 35.9 Å². The van der Waals surface area contributed by atoms with Crippen LogP contribution in [0.1, 0.15) is 31.2 Å². The average Bonchev–Trinajstić information content (AvgIpc) is 2.62. The number of hydrogen-bond donors (Lipinski definition) is 2. The highest BCUT2D eigenvalue weighted by Crippen LogP contribution is 2.27. The fourth-order valence-electron chi connectivity index (χ4n) is 2.69. The Morgan fingerprint density at radius 1 is 1.25 bits per heavy atom. The summed E-state index contributed by atoms with van der Waals surface area (Å²) in [4.78, 5) is 38.2. The molecule has 1 heterocycles. The van der Waals surface area contributed by atoms with E-state index >= 15 is 0 Å². The number of methoxy groups -OCH3 is 1. The molecule has 8 nitrogen and oxygen atoms in total. The summed E-state index contributed by atoms with van der Waals surface area (Å²) >= 11 is 0. The van der Waals surface area contributed by atoms with Gasteiger partial charge in [-0.3, -0.25) is 19.8 Å². The van der Waals surface area contributed by atoms with E-state index in [0.717, 1.165) is 25.7 Å². The van der Waals surface area contributed by atoms with Crippen molar-refractivity contribution in [1.29, 1.82) is 0 Å². The van der Waals surface area contributed by atoms with Gasteiger partial charge in [-0.1, -0.05) is 6.07 Å². The van der Waals surface area contributed by atoms with Crippen molar-refractivity contribution >= 4 is 17.7 Å². The number of nitrogens with two attached hydrogens (primary N) is 1. The van der Waals surface area contributed by atoms with Crippen LogP contribution < -0.4 is 16.0 Å². The second kappa shape index (κ2) is 8.39. The monoisotopic (exact) mass is 335 g/mol. The van der Waals surface area contributed by atoms with Crippen LogP contribution in [0.5, 0.6) is 5.88 Å². The van der Waals surface area contributed by atoms with E-state index < -0.39 is 11.7 Å². The Morgan fingerprint density at radius 3 is 2.50 bits per heavy atom. The number of esters is 1. The van der Waals surface area contributed by atoms with Crippen LogP contribution in [0.15, 0.2) is 18.3 Å². The number of hydrazine groups is 1. The normalized spacial score (nSPS) is 20.1. The molecule has 1 fully saturated rings. The Labute approximate surface area is 139 Å². The molecule has 24 heavy (non-hydrogen) atoms.